The summed E-state index contributed by atoms with van der Waals surface area (Å²) in [4.78, 5) is 0. The van der Waals surface area contributed by atoms with Gasteiger partial charge in [0.2, 0.25) is 0 Å². The molecule has 0 fully saturated rings. The van der Waals surface area contributed by atoms with E-state index in [9.17, 15) is 0 Å². The third-order valence-corrected chi connectivity index (χ3v) is 16.0. The van der Waals surface area contributed by atoms with Gasteiger partial charge in [-0.05, 0) is 105 Å². The summed E-state index contributed by atoms with van der Waals surface area (Å²) >= 11 is 0. The van der Waals surface area contributed by atoms with Crippen LogP contribution in [0, 0.1) is 0 Å². The van der Waals surface area contributed by atoms with Crippen molar-refractivity contribution in [3.63, 3.8) is 0 Å². The molecule has 1 aliphatic carbocycles. The normalized spacial score (nSPS) is 16.0. The zero-order valence-corrected chi connectivity index (χ0v) is 32.3. The molecule has 0 nitrogen and oxygen atoms in total. The third kappa shape index (κ3) is 6.76. The Labute approximate surface area is 278 Å². The van der Waals surface area contributed by atoms with Crippen molar-refractivity contribution in [1.82, 2.24) is 0 Å². The van der Waals surface area contributed by atoms with E-state index in [-0.39, 0.29) is 0 Å². The van der Waals surface area contributed by atoms with E-state index in [4.69, 9.17) is 0 Å². The molecule has 3 aromatic rings. The first-order chi connectivity index (χ1) is 21.0. The summed E-state index contributed by atoms with van der Waals surface area (Å²) in [5.41, 5.74) is 13.7. The van der Waals surface area contributed by atoms with Gasteiger partial charge in [-0.1, -0.05) is 160 Å². The Morgan fingerprint density at radius 2 is 0.644 bits per heavy atom. The SMILES string of the molecule is CC1=CC(C)=C(C)C1[Si](c1cc(C(C)C)cc(C(C)C)c1)(c1cc(C(C)C)cc(C(C)C)c1)c1cc(C(C)C)cc(C(C)C)c1. The summed E-state index contributed by atoms with van der Waals surface area (Å²) in [6.45, 7) is 35.6. The lowest BCUT2D eigenvalue weighted by Crippen LogP contribution is -2.70. The van der Waals surface area contributed by atoms with Crippen LogP contribution >= 0.6 is 0 Å². The van der Waals surface area contributed by atoms with Gasteiger partial charge in [-0.3, -0.25) is 0 Å². The molecule has 0 bridgehead atoms. The van der Waals surface area contributed by atoms with E-state index in [1.165, 1.54) is 44.5 Å². The maximum atomic E-state index is 2.64. The van der Waals surface area contributed by atoms with Gasteiger partial charge in [0.25, 0.3) is 0 Å². The van der Waals surface area contributed by atoms with Gasteiger partial charge in [0.1, 0.15) is 0 Å². The van der Waals surface area contributed by atoms with Crippen molar-refractivity contribution in [3.05, 3.63) is 111 Å². The van der Waals surface area contributed by atoms with Crippen molar-refractivity contribution < 1.29 is 0 Å². The Kier molecular flexibility index (Phi) is 10.6. The zero-order valence-electron chi connectivity index (χ0n) is 31.3. The Morgan fingerprint density at radius 3 is 0.822 bits per heavy atom. The number of rotatable bonds is 10. The second-order valence-corrected chi connectivity index (χ2v) is 20.0. The molecular weight excluding hydrogens is 557 g/mol. The van der Waals surface area contributed by atoms with Crippen LogP contribution in [-0.4, -0.2) is 8.07 Å². The van der Waals surface area contributed by atoms with E-state index in [0.29, 0.717) is 41.0 Å². The molecule has 0 aromatic heterocycles. The molecule has 1 unspecified atom stereocenters. The lowest BCUT2D eigenvalue weighted by Gasteiger charge is -2.43. The van der Waals surface area contributed by atoms with Gasteiger partial charge in [-0.15, -0.1) is 0 Å². The van der Waals surface area contributed by atoms with E-state index in [0.717, 1.165) is 0 Å². The highest BCUT2D eigenvalue weighted by atomic mass is 28.3. The first-order valence-corrected chi connectivity index (χ1v) is 19.9. The van der Waals surface area contributed by atoms with Crippen LogP contribution in [0.3, 0.4) is 0 Å². The predicted octanol–water partition coefficient (Wildman–Crippen LogP) is 11.6. The maximum Gasteiger partial charge on any atom is 0.159 e. The van der Waals surface area contributed by atoms with Gasteiger partial charge in [-0.25, -0.2) is 0 Å². The van der Waals surface area contributed by atoms with Crippen molar-refractivity contribution in [2.75, 3.05) is 0 Å². The molecule has 1 heteroatoms. The zero-order chi connectivity index (χ0) is 33.5. The molecule has 242 valence electrons. The summed E-state index contributed by atoms with van der Waals surface area (Å²) in [6.07, 6.45) is 2.50. The van der Waals surface area contributed by atoms with Gasteiger partial charge in [0, 0.05) is 5.54 Å². The molecule has 1 atom stereocenters. The molecule has 0 saturated heterocycles. The molecule has 4 rings (SSSR count). The predicted molar refractivity (Wildman–Crippen MR) is 204 cm³/mol. The standard InChI is InChI=1S/C44H62Si/c1-26(2)35-17-36(27(3)4)21-41(20-35)45(44-33(14)16-32(13)34(44)15,42-22-37(28(5)6)18-38(23-42)29(7)8)43-24-39(30(9)10)19-40(25-43)31(11)12/h16-31,44H,1-15H3. The molecule has 0 spiro atoms. The van der Waals surface area contributed by atoms with E-state index in [2.05, 4.69) is 165 Å². The van der Waals surface area contributed by atoms with Gasteiger partial charge in [0.05, 0.1) is 0 Å². The van der Waals surface area contributed by atoms with Crippen molar-refractivity contribution >= 4 is 23.6 Å². The van der Waals surface area contributed by atoms with Gasteiger partial charge < -0.3 is 0 Å². The molecule has 0 heterocycles. The van der Waals surface area contributed by atoms with E-state index < -0.39 is 8.07 Å². The summed E-state index contributed by atoms with van der Waals surface area (Å²) in [7, 11) is -2.75. The topological polar surface area (TPSA) is 0 Å². The second-order valence-electron chi connectivity index (χ2n) is 16.1. The summed E-state index contributed by atoms with van der Waals surface area (Å²) in [5.74, 6) is 2.80. The molecule has 0 aliphatic heterocycles. The Hall–Kier alpha value is -2.64. The van der Waals surface area contributed by atoms with Gasteiger partial charge in [-0.2, -0.15) is 0 Å². The second kappa shape index (κ2) is 13.6. The van der Waals surface area contributed by atoms with Crippen LogP contribution in [0.4, 0.5) is 0 Å². The van der Waals surface area contributed by atoms with Crippen LogP contribution in [0.1, 0.15) is 173 Å². The van der Waals surface area contributed by atoms with Crippen molar-refractivity contribution in [1.29, 1.82) is 0 Å². The Bertz CT molecular complexity index is 1350. The quantitative estimate of drug-likeness (QED) is 0.157. The first kappa shape index (κ1) is 35.2. The highest BCUT2D eigenvalue weighted by molar-refractivity contribution is 7.13. The van der Waals surface area contributed by atoms with Crippen LogP contribution in [0.25, 0.3) is 0 Å². The molecule has 45 heavy (non-hydrogen) atoms. The van der Waals surface area contributed by atoms with Gasteiger partial charge in [0.15, 0.2) is 8.07 Å². The number of allylic oxidation sites excluding steroid dienone is 4. The van der Waals surface area contributed by atoms with Crippen molar-refractivity contribution in [2.24, 2.45) is 0 Å². The van der Waals surface area contributed by atoms with Gasteiger partial charge >= 0.3 is 0 Å². The Balaban J connectivity index is 2.38. The van der Waals surface area contributed by atoms with Crippen molar-refractivity contribution in [3.8, 4) is 0 Å². The van der Waals surface area contributed by atoms with Crippen LogP contribution in [0.15, 0.2) is 77.4 Å². The van der Waals surface area contributed by atoms with Crippen molar-refractivity contribution in [2.45, 2.75) is 145 Å². The average molecular weight is 619 g/mol. The minimum atomic E-state index is -2.75. The number of hydrogen-bond donors (Lipinski definition) is 0. The largest absolute Gasteiger partial charge is 0.159 e. The average Bonchev–Trinajstić information content (AvgIpc) is 3.23. The minimum absolute atomic E-state index is 0.366. The third-order valence-electron chi connectivity index (χ3n) is 10.7. The fourth-order valence-electron chi connectivity index (χ4n) is 7.49. The fourth-order valence-corrected chi connectivity index (χ4v) is 13.5. The maximum absolute atomic E-state index is 2.75. The van der Waals surface area contributed by atoms with Crippen LogP contribution < -0.4 is 15.6 Å². The molecule has 0 N–H and O–H groups in total. The molecule has 0 radical (unpaired) electrons. The highest BCUT2D eigenvalue weighted by Crippen LogP contribution is 2.44. The smallest absolute Gasteiger partial charge is 0.0676 e. The minimum Gasteiger partial charge on any atom is -0.0676 e. The van der Waals surface area contributed by atoms with Crippen LogP contribution in [0.5, 0.6) is 0 Å². The highest BCUT2D eigenvalue weighted by Gasteiger charge is 2.50. The fraction of sp³-hybridized carbons (Fsp3) is 0.500. The summed E-state index contributed by atoms with van der Waals surface area (Å²) in [6, 6.07) is 23.4. The molecular formula is C44H62Si. The summed E-state index contributed by atoms with van der Waals surface area (Å²) < 4.78 is 0. The Morgan fingerprint density at radius 1 is 0.400 bits per heavy atom. The number of benzene rings is 3. The van der Waals surface area contributed by atoms with Crippen LogP contribution in [0.2, 0.25) is 5.54 Å². The lowest BCUT2D eigenvalue weighted by atomic mass is 9.95. The van der Waals surface area contributed by atoms with E-state index in [1.54, 1.807) is 21.1 Å². The molecule has 0 saturated carbocycles. The summed E-state index contributed by atoms with van der Waals surface area (Å²) in [5, 5.41) is 4.74. The van der Waals surface area contributed by atoms with Crippen LogP contribution in [-0.2, 0) is 0 Å². The monoisotopic (exact) mass is 618 g/mol. The first-order valence-electron chi connectivity index (χ1n) is 17.8. The molecule has 1 aliphatic rings. The molecule has 3 aromatic carbocycles. The number of hydrogen-bond acceptors (Lipinski definition) is 0. The lowest BCUT2D eigenvalue weighted by molar-refractivity contribution is 0.833. The molecule has 0 amide bonds. The van der Waals surface area contributed by atoms with E-state index >= 15 is 0 Å². The van der Waals surface area contributed by atoms with E-state index in [1.807, 2.05) is 0 Å².